The van der Waals surface area contributed by atoms with Gasteiger partial charge >= 0.3 is 0 Å². The van der Waals surface area contributed by atoms with Crippen LogP contribution in [0.4, 0.5) is 0 Å². The Morgan fingerprint density at radius 3 is 1.70 bits per heavy atom. The van der Waals surface area contributed by atoms with Crippen molar-refractivity contribution in [3.8, 4) is 0 Å². The summed E-state index contributed by atoms with van der Waals surface area (Å²) in [5.74, 6) is 0.266. The number of Topliss-reactive ketones (excluding diaryl/α,β-unsaturated/α-hetero) is 1. The van der Waals surface area contributed by atoms with Crippen molar-refractivity contribution in [2.45, 2.75) is 103 Å². The molecule has 0 saturated carbocycles. The highest BCUT2D eigenvalue weighted by Gasteiger charge is 2.29. The van der Waals surface area contributed by atoms with E-state index < -0.39 is 5.60 Å². The molecule has 0 radical (unpaired) electrons. The Hall–Kier alpha value is -0.370. The third-order valence-electron chi connectivity index (χ3n) is 4.47. The zero-order chi connectivity index (χ0) is 15.3. The first-order chi connectivity index (χ1) is 9.60. The maximum atomic E-state index is 12.0. The standard InChI is InChI=1S/C18H36O2/c1-5-7-8-9-10-11-12-13-14-15-16-17(19)18(3,6-2)20-4/h5-16H2,1-4H3. The van der Waals surface area contributed by atoms with Crippen LogP contribution < -0.4 is 0 Å². The molecule has 2 heteroatoms. The van der Waals surface area contributed by atoms with Crippen molar-refractivity contribution >= 4 is 5.78 Å². The van der Waals surface area contributed by atoms with E-state index in [1.807, 2.05) is 13.8 Å². The van der Waals surface area contributed by atoms with Gasteiger partial charge in [-0.15, -0.1) is 0 Å². The van der Waals surface area contributed by atoms with Gasteiger partial charge in [0.15, 0.2) is 5.78 Å². The molecule has 0 saturated heterocycles. The molecule has 0 spiro atoms. The van der Waals surface area contributed by atoms with Gasteiger partial charge in [-0.3, -0.25) is 4.79 Å². The van der Waals surface area contributed by atoms with E-state index in [0.717, 1.165) is 12.8 Å². The quantitative estimate of drug-likeness (QED) is 0.383. The fourth-order valence-electron chi connectivity index (χ4n) is 2.49. The van der Waals surface area contributed by atoms with Crippen LogP contribution in [0.1, 0.15) is 97.8 Å². The number of carbonyl (C=O) groups is 1. The second kappa shape index (κ2) is 12.4. The molecular weight excluding hydrogens is 248 g/mol. The molecule has 0 aliphatic rings. The summed E-state index contributed by atoms with van der Waals surface area (Å²) in [5.41, 5.74) is -0.556. The van der Waals surface area contributed by atoms with Gasteiger partial charge in [0.25, 0.3) is 0 Å². The number of hydrogen-bond donors (Lipinski definition) is 0. The number of ether oxygens (including phenoxy) is 1. The van der Waals surface area contributed by atoms with Crippen molar-refractivity contribution in [3.05, 3.63) is 0 Å². The van der Waals surface area contributed by atoms with Gasteiger partial charge in [-0.05, 0) is 19.8 Å². The van der Waals surface area contributed by atoms with Crippen molar-refractivity contribution in [2.24, 2.45) is 0 Å². The Bertz CT molecular complexity index is 232. The molecule has 0 heterocycles. The van der Waals surface area contributed by atoms with Crippen LogP contribution in [0.2, 0.25) is 0 Å². The number of carbonyl (C=O) groups excluding carboxylic acids is 1. The minimum Gasteiger partial charge on any atom is -0.371 e. The first kappa shape index (κ1) is 19.6. The predicted octanol–water partition coefficient (Wildman–Crippen LogP) is 5.68. The van der Waals surface area contributed by atoms with E-state index in [4.69, 9.17) is 4.74 Å². The molecule has 0 aliphatic carbocycles. The van der Waals surface area contributed by atoms with Crippen molar-refractivity contribution in [2.75, 3.05) is 7.11 Å². The fraction of sp³-hybridized carbons (Fsp3) is 0.944. The molecule has 0 rings (SSSR count). The lowest BCUT2D eigenvalue weighted by atomic mass is 9.93. The van der Waals surface area contributed by atoms with Gasteiger partial charge in [-0.25, -0.2) is 0 Å². The van der Waals surface area contributed by atoms with E-state index in [2.05, 4.69) is 6.92 Å². The van der Waals surface area contributed by atoms with E-state index in [-0.39, 0.29) is 5.78 Å². The minimum atomic E-state index is -0.556. The summed E-state index contributed by atoms with van der Waals surface area (Å²) in [4.78, 5) is 12.0. The van der Waals surface area contributed by atoms with Crippen molar-refractivity contribution in [3.63, 3.8) is 0 Å². The summed E-state index contributed by atoms with van der Waals surface area (Å²) in [6, 6.07) is 0. The highest BCUT2D eigenvalue weighted by atomic mass is 16.5. The summed E-state index contributed by atoms with van der Waals surface area (Å²) in [5, 5.41) is 0. The smallest absolute Gasteiger partial charge is 0.164 e. The van der Waals surface area contributed by atoms with E-state index >= 15 is 0 Å². The molecule has 1 unspecified atom stereocenters. The van der Waals surface area contributed by atoms with E-state index in [1.165, 1.54) is 57.8 Å². The van der Waals surface area contributed by atoms with Gasteiger partial charge in [-0.2, -0.15) is 0 Å². The molecule has 0 aromatic rings. The number of ketones is 1. The molecule has 2 nitrogen and oxygen atoms in total. The maximum Gasteiger partial charge on any atom is 0.164 e. The summed E-state index contributed by atoms with van der Waals surface area (Å²) >= 11 is 0. The van der Waals surface area contributed by atoms with Crippen LogP contribution in [0, 0.1) is 0 Å². The molecule has 0 aliphatic heterocycles. The average molecular weight is 284 g/mol. The van der Waals surface area contributed by atoms with Crippen molar-refractivity contribution in [1.82, 2.24) is 0 Å². The maximum absolute atomic E-state index is 12.0. The summed E-state index contributed by atoms with van der Waals surface area (Å²) in [6.07, 6.45) is 14.5. The average Bonchev–Trinajstić information content (AvgIpc) is 2.48. The summed E-state index contributed by atoms with van der Waals surface area (Å²) < 4.78 is 5.34. The second-order valence-corrected chi connectivity index (χ2v) is 6.14. The Morgan fingerprint density at radius 1 is 0.850 bits per heavy atom. The van der Waals surface area contributed by atoms with E-state index in [0.29, 0.717) is 6.42 Å². The van der Waals surface area contributed by atoms with Crippen LogP contribution in [0.25, 0.3) is 0 Å². The number of unbranched alkanes of at least 4 members (excludes halogenated alkanes) is 9. The first-order valence-electron chi connectivity index (χ1n) is 8.69. The van der Waals surface area contributed by atoms with Crippen molar-refractivity contribution < 1.29 is 9.53 Å². The molecule has 0 fully saturated rings. The molecule has 0 aromatic carbocycles. The fourth-order valence-corrected chi connectivity index (χ4v) is 2.49. The molecule has 0 N–H and O–H groups in total. The Kier molecular flexibility index (Phi) is 12.1. The molecule has 1 atom stereocenters. The molecule has 120 valence electrons. The van der Waals surface area contributed by atoms with Gasteiger partial charge in [0.2, 0.25) is 0 Å². The lowest BCUT2D eigenvalue weighted by molar-refractivity contribution is -0.139. The van der Waals surface area contributed by atoms with Crippen LogP contribution in [0.3, 0.4) is 0 Å². The third-order valence-corrected chi connectivity index (χ3v) is 4.47. The van der Waals surface area contributed by atoms with Gasteiger partial charge in [0.1, 0.15) is 5.60 Å². The van der Waals surface area contributed by atoms with Crippen LogP contribution in [-0.4, -0.2) is 18.5 Å². The number of rotatable bonds is 14. The molecule has 0 bridgehead atoms. The predicted molar refractivity (Wildman–Crippen MR) is 87.2 cm³/mol. The van der Waals surface area contributed by atoms with Crippen LogP contribution in [0.5, 0.6) is 0 Å². The van der Waals surface area contributed by atoms with Crippen LogP contribution in [0.15, 0.2) is 0 Å². The molecule has 0 aromatic heterocycles. The Balaban J connectivity index is 3.42. The molecular formula is C18H36O2. The van der Waals surface area contributed by atoms with Gasteiger partial charge in [0.05, 0.1) is 0 Å². The Labute approximate surface area is 126 Å². The number of methoxy groups -OCH3 is 1. The molecule has 20 heavy (non-hydrogen) atoms. The van der Waals surface area contributed by atoms with Gasteiger partial charge in [-0.1, -0.05) is 71.6 Å². The lowest BCUT2D eigenvalue weighted by Gasteiger charge is -2.24. The SMILES string of the molecule is CCCCCCCCCCCCC(=O)C(C)(CC)OC. The van der Waals surface area contributed by atoms with Crippen LogP contribution >= 0.6 is 0 Å². The normalized spacial score (nSPS) is 14.2. The zero-order valence-electron chi connectivity index (χ0n) is 14.3. The highest BCUT2D eigenvalue weighted by Crippen LogP contribution is 2.19. The summed E-state index contributed by atoms with van der Waals surface area (Å²) in [6.45, 7) is 6.18. The monoisotopic (exact) mass is 284 g/mol. The molecule has 0 amide bonds. The number of hydrogen-bond acceptors (Lipinski definition) is 2. The minimum absolute atomic E-state index is 0.266. The Morgan fingerprint density at radius 2 is 1.30 bits per heavy atom. The second-order valence-electron chi connectivity index (χ2n) is 6.14. The first-order valence-corrected chi connectivity index (χ1v) is 8.69. The van der Waals surface area contributed by atoms with E-state index in [1.54, 1.807) is 7.11 Å². The topological polar surface area (TPSA) is 26.3 Å². The summed E-state index contributed by atoms with van der Waals surface area (Å²) in [7, 11) is 1.64. The largest absolute Gasteiger partial charge is 0.371 e. The highest BCUT2D eigenvalue weighted by molar-refractivity contribution is 5.86. The van der Waals surface area contributed by atoms with Gasteiger partial charge in [0, 0.05) is 13.5 Å². The van der Waals surface area contributed by atoms with Gasteiger partial charge < -0.3 is 4.74 Å². The van der Waals surface area contributed by atoms with Crippen LogP contribution in [-0.2, 0) is 9.53 Å². The zero-order valence-corrected chi connectivity index (χ0v) is 14.3. The lowest BCUT2D eigenvalue weighted by Crippen LogP contribution is -2.36. The van der Waals surface area contributed by atoms with E-state index in [9.17, 15) is 4.79 Å². The van der Waals surface area contributed by atoms with Crippen molar-refractivity contribution in [1.29, 1.82) is 0 Å². The third kappa shape index (κ3) is 8.73.